The van der Waals surface area contributed by atoms with Crippen LogP contribution in [0.1, 0.15) is 18.4 Å². The van der Waals surface area contributed by atoms with Crippen LogP contribution in [0.3, 0.4) is 0 Å². The van der Waals surface area contributed by atoms with Gasteiger partial charge in [-0.05, 0) is 36.8 Å². The molecule has 0 aliphatic heterocycles. The molecule has 0 bridgehead atoms. The van der Waals surface area contributed by atoms with E-state index in [1.165, 1.54) is 30.9 Å². The summed E-state index contributed by atoms with van der Waals surface area (Å²) >= 11 is 0. The minimum Gasteiger partial charge on any atom is -0.360 e. The summed E-state index contributed by atoms with van der Waals surface area (Å²) in [6.07, 6.45) is 8.12. The van der Waals surface area contributed by atoms with Crippen molar-refractivity contribution in [2.45, 2.75) is 51.7 Å². The molecule has 1 aliphatic rings. The fourth-order valence-corrected chi connectivity index (χ4v) is 2.53. The molecule has 0 spiro atoms. The summed E-state index contributed by atoms with van der Waals surface area (Å²) in [6.45, 7) is 8.59. The van der Waals surface area contributed by atoms with Crippen LogP contribution in [-0.4, -0.2) is 24.5 Å². The average Bonchev–Trinajstić information content (AvgIpc) is 2.91. The highest BCUT2D eigenvalue weighted by Gasteiger charge is 2.21. The fraction of sp³-hybridized carbons (Fsp3) is 0.769. The molecular formula is C13H24N2OSi. The normalized spacial score (nSPS) is 16.4. The smallest absolute Gasteiger partial charge is 0.139 e. The first kappa shape index (κ1) is 12.8. The molecule has 2 rings (SSSR count). The highest BCUT2D eigenvalue weighted by molar-refractivity contribution is 6.76. The Morgan fingerprint density at radius 1 is 1.41 bits per heavy atom. The number of hydrogen-bond acceptors (Lipinski definition) is 2. The van der Waals surface area contributed by atoms with Crippen molar-refractivity contribution in [2.75, 3.05) is 6.61 Å². The van der Waals surface area contributed by atoms with Crippen molar-refractivity contribution < 1.29 is 4.74 Å². The van der Waals surface area contributed by atoms with E-state index in [0.29, 0.717) is 6.73 Å². The molecule has 1 aromatic rings. The standard InChI is InChI=1S/C13H24N2OSi/c1-17(2,3)7-6-16-11-15-10-13(9-14-15)8-12-4-5-12/h9-10,12H,4-8,11H2,1-3H3. The molecule has 1 fully saturated rings. The van der Waals surface area contributed by atoms with Gasteiger partial charge in [0.05, 0.1) is 6.20 Å². The Morgan fingerprint density at radius 2 is 2.18 bits per heavy atom. The number of hydrogen-bond donors (Lipinski definition) is 0. The first-order valence-electron chi connectivity index (χ1n) is 6.62. The molecule has 0 radical (unpaired) electrons. The van der Waals surface area contributed by atoms with Crippen LogP contribution < -0.4 is 0 Å². The molecule has 1 aromatic heterocycles. The Kier molecular flexibility index (Phi) is 4.04. The maximum Gasteiger partial charge on any atom is 0.139 e. The van der Waals surface area contributed by atoms with E-state index in [4.69, 9.17) is 4.74 Å². The summed E-state index contributed by atoms with van der Waals surface area (Å²) in [5.41, 5.74) is 1.36. The van der Waals surface area contributed by atoms with E-state index in [1.807, 2.05) is 10.9 Å². The van der Waals surface area contributed by atoms with Crippen LogP contribution in [-0.2, 0) is 17.9 Å². The van der Waals surface area contributed by atoms with E-state index in [9.17, 15) is 0 Å². The summed E-state index contributed by atoms with van der Waals surface area (Å²) in [7, 11) is -0.958. The first-order chi connectivity index (χ1) is 8.03. The van der Waals surface area contributed by atoms with Crippen LogP contribution in [0.25, 0.3) is 0 Å². The number of ether oxygens (including phenoxy) is 1. The molecule has 0 aromatic carbocycles. The van der Waals surface area contributed by atoms with Crippen LogP contribution in [0.5, 0.6) is 0 Å². The molecule has 0 N–H and O–H groups in total. The molecule has 0 atom stereocenters. The van der Waals surface area contributed by atoms with Gasteiger partial charge in [-0.3, -0.25) is 0 Å². The third-order valence-electron chi connectivity index (χ3n) is 3.13. The van der Waals surface area contributed by atoms with Crippen molar-refractivity contribution in [2.24, 2.45) is 5.92 Å². The van der Waals surface area contributed by atoms with E-state index in [2.05, 4.69) is 30.9 Å². The molecular weight excluding hydrogens is 228 g/mol. The van der Waals surface area contributed by atoms with Gasteiger partial charge in [-0.15, -0.1) is 0 Å². The van der Waals surface area contributed by atoms with Gasteiger partial charge in [0.2, 0.25) is 0 Å². The van der Waals surface area contributed by atoms with Crippen molar-refractivity contribution in [3.63, 3.8) is 0 Å². The SMILES string of the molecule is C[Si](C)(C)CCOCn1cc(CC2CC2)cn1. The second-order valence-corrected chi connectivity index (χ2v) is 12.0. The molecule has 1 heterocycles. The Morgan fingerprint density at radius 3 is 2.82 bits per heavy atom. The molecule has 3 nitrogen and oxygen atoms in total. The number of aromatic nitrogens is 2. The highest BCUT2D eigenvalue weighted by Crippen LogP contribution is 2.32. The van der Waals surface area contributed by atoms with Crippen LogP contribution >= 0.6 is 0 Å². The van der Waals surface area contributed by atoms with Gasteiger partial charge in [-0.2, -0.15) is 5.10 Å². The van der Waals surface area contributed by atoms with Crippen LogP contribution in [0.15, 0.2) is 12.4 Å². The summed E-state index contributed by atoms with van der Waals surface area (Å²) in [5.74, 6) is 0.931. The third-order valence-corrected chi connectivity index (χ3v) is 4.83. The Balaban J connectivity index is 1.66. The zero-order valence-electron chi connectivity index (χ0n) is 11.3. The van der Waals surface area contributed by atoms with Crippen molar-refractivity contribution in [1.29, 1.82) is 0 Å². The van der Waals surface area contributed by atoms with Gasteiger partial charge in [0, 0.05) is 20.9 Å². The van der Waals surface area contributed by atoms with Gasteiger partial charge in [0.1, 0.15) is 6.73 Å². The highest BCUT2D eigenvalue weighted by atomic mass is 28.3. The largest absolute Gasteiger partial charge is 0.360 e. The second kappa shape index (κ2) is 5.36. The van der Waals surface area contributed by atoms with Crippen LogP contribution in [0, 0.1) is 5.92 Å². The molecule has 1 aliphatic carbocycles. The van der Waals surface area contributed by atoms with E-state index in [1.54, 1.807) is 0 Å². The van der Waals surface area contributed by atoms with Crippen LogP contribution in [0.2, 0.25) is 25.7 Å². The summed E-state index contributed by atoms with van der Waals surface area (Å²) in [5, 5.41) is 4.33. The number of rotatable bonds is 7. The lowest BCUT2D eigenvalue weighted by molar-refractivity contribution is 0.0785. The summed E-state index contributed by atoms with van der Waals surface area (Å²) in [4.78, 5) is 0. The molecule has 0 unspecified atom stereocenters. The minimum absolute atomic E-state index is 0.606. The van der Waals surface area contributed by atoms with Crippen molar-refractivity contribution >= 4 is 8.07 Å². The molecule has 0 saturated heterocycles. The first-order valence-corrected chi connectivity index (χ1v) is 10.3. The maximum atomic E-state index is 5.66. The lowest BCUT2D eigenvalue weighted by Gasteiger charge is -2.15. The van der Waals surface area contributed by atoms with Gasteiger partial charge < -0.3 is 4.74 Å². The van der Waals surface area contributed by atoms with Gasteiger partial charge in [-0.1, -0.05) is 19.6 Å². The Hall–Kier alpha value is -0.613. The minimum atomic E-state index is -0.958. The van der Waals surface area contributed by atoms with Gasteiger partial charge in [-0.25, -0.2) is 4.68 Å². The van der Waals surface area contributed by atoms with Gasteiger partial charge >= 0.3 is 0 Å². The van der Waals surface area contributed by atoms with E-state index in [0.717, 1.165) is 12.5 Å². The van der Waals surface area contributed by atoms with Crippen molar-refractivity contribution in [3.8, 4) is 0 Å². The lowest BCUT2D eigenvalue weighted by atomic mass is 10.2. The Bertz CT molecular complexity index is 353. The predicted octanol–water partition coefficient (Wildman–Crippen LogP) is 3.15. The topological polar surface area (TPSA) is 27.1 Å². The maximum absolute atomic E-state index is 5.66. The van der Waals surface area contributed by atoms with E-state index in [-0.39, 0.29) is 0 Å². The average molecular weight is 252 g/mol. The monoisotopic (exact) mass is 252 g/mol. The zero-order valence-corrected chi connectivity index (χ0v) is 12.3. The molecule has 4 heteroatoms. The van der Waals surface area contributed by atoms with Crippen molar-refractivity contribution in [3.05, 3.63) is 18.0 Å². The summed E-state index contributed by atoms with van der Waals surface area (Å²) in [6, 6.07) is 1.23. The quantitative estimate of drug-likeness (QED) is 0.550. The number of nitrogens with zero attached hydrogens (tertiary/aromatic N) is 2. The molecule has 0 amide bonds. The third kappa shape index (κ3) is 5.04. The van der Waals surface area contributed by atoms with E-state index >= 15 is 0 Å². The second-order valence-electron chi connectivity index (χ2n) is 6.38. The fourth-order valence-electron chi connectivity index (χ4n) is 1.77. The van der Waals surface area contributed by atoms with E-state index < -0.39 is 8.07 Å². The zero-order chi connectivity index (χ0) is 12.3. The van der Waals surface area contributed by atoms with Gasteiger partial charge in [0.25, 0.3) is 0 Å². The lowest BCUT2D eigenvalue weighted by Crippen LogP contribution is -2.22. The summed E-state index contributed by atoms with van der Waals surface area (Å²) < 4.78 is 7.58. The van der Waals surface area contributed by atoms with Gasteiger partial charge in [0.15, 0.2) is 0 Å². The Labute approximate surface area is 105 Å². The van der Waals surface area contributed by atoms with Crippen molar-refractivity contribution in [1.82, 2.24) is 9.78 Å². The van der Waals surface area contributed by atoms with Crippen LogP contribution in [0.4, 0.5) is 0 Å². The molecule has 96 valence electrons. The molecule has 1 saturated carbocycles. The molecule has 17 heavy (non-hydrogen) atoms. The predicted molar refractivity (Wildman–Crippen MR) is 72.8 cm³/mol.